The van der Waals surface area contributed by atoms with Gasteiger partial charge in [-0.1, -0.05) is 41.6 Å². The van der Waals surface area contributed by atoms with Crippen molar-refractivity contribution in [2.75, 3.05) is 31.5 Å². The lowest BCUT2D eigenvalue weighted by molar-refractivity contribution is -0.117. The zero-order valence-electron chi connectivity index (χ0n) is 17.8. The standard InChI is InChI=1S/C22H27F2N3O3S2/c1-16-8-10-18(11-9-16)32(29,30)25-13-17-5-4-12-27(14-17)15-21(28)26-19-6-2-3-7-20(19)31-22(23)24/h2-3,6-11,17,22,25H,4-5,12-15H2,1H3,(H,26,28). The molecule has 10 heteroatoms. The normalized spacial score (nSPS) is 17.4. The molecule has 0 saturated carbocycles. The van der Waals surface area contributed by atoms with Gasteiger partial charge in [-0.05, 0) is 56.5 Å². The molecule has 2 aromatic rings. The largest absolute Gasteiger partial charge is 0.324 e. The van der Waals surface area contributed by atoms with Gasteiger partial charge in [0.1, 0.15) is 0 Å². The van der Waals surface area contributed by atoms with Gasteiger partial charge in [-0.25, -0.2) is 13.1 Å². The molecule has 6 nitrogen and oxygen atoms in total. The average molecular weight is 484 g/mol. The summed E-state index contributed by atoms with van der Waals surface area (Å²) >= 11 is 0.394. The van der Waals surface area contributed by atoms with E-state index < -0.39 is 15.8 Å². The van der Waals surface area contributed by atoms with Crippen molar-refractivity contribution >= 4 is 33.4 Å². The highest BCUT2D eigenvalue weighted by molar-refractivity contribution is 7.99. The van der Waals surface area contributed by atoms with Gasteiger partial charge in [0.15, 0.2) is 0 Å². The molecule has 1 unspecified atom stereocenters. The highest BCUT2D eigenvalue weighted by atomic mass is 32.2. The van der Waals surface area contributed by atoms with E-state index in [0.717, 1.165) is 24.9 Å². The number of para-hydroxylation sites is 1. The van der Waals surface area contributed by atoms with E-state index in [1.54, 1.807) is 48.5 Å². The highest BCUT2D eigenvalue weighted by Gasteiger charge is 2.24. The van der Waals surface area contributed by atoms with Gasteiger partial charge in [-0.2, -0.15) is 8.78 Å². The molecule has 0 bridgehead atoms. The molecule has 3 rings (SSSR count). The van der Waals surface area contributed by atoms with Gasteiger partial charge < -0.3 is 5.32 Å². The van der Waals surface area contributed by atoms with Crippen LogP contribution >= 0.6 is 11.8 Å². The number of aryl methyl sites for hydroxylation is 1. The minimum atomic E-state index is -3.58. The van der Waals surface area contributed by atoms with Gasteiger partial charge in [0.2, 0.25) is 15.9 Å². The third kappa shape index (κ3) is 7.26. The Balaban J connectivity index is 1.52. The molecule has 174 valence electrons. The van der Waals surface area contributed by atoms with Crippen LogP contribution in [0.1, 0.15) is 18.4 Å². The number of thioether (sulfide) groups is 1. The van der Waals surface area contributed by atoms with Gasteiger partial charge in [-0.3, -0.25) is 9.69 Å². The summed E-state index contributed by atoms with van der Waals surface area (Å²) in [6.07, 6.45) is 1.71. The zero-order chi connectivity index (χ0) is 23.1. The van der Waals surface area contributed by atoms with Crippen molar-refractivity contribution in [1.82, 2.24) is 9.62 Å². The Labute approximate surface area is 191 Å². The number of carbonyl (C=O) groups excluding carboxylic acids is 1. The number of anilines is 1. The second-order valence-electron chi connectivity index (χ2n) is 7.83. The van der Waals surface area contributed by atoms with E-state index in [1.807, 2.05) is 11.8 Å². The number of rotatable bonds is 9. The lowest BCUT2D eigenvalue weighted by Crippen LogP contribution is -2.43. The maximum absolute atomic E-state index is 12.7. The number of sulfonamides is 1. The molecule has 1 aliphatic heterocycles. The molecule has 1 amide bonds. The first-order chi connectivity index (χ1) is 15.2. The maximum Gasteiger partial charge on any atom is 0.288 e. The van der Waals surface area contributed by atoms with Gasteiger partial charge in [0.25, 0.3) is 5.76 Å². The van der Waals surface area contributed by atoms with E-state index in [1.165, 1.54) is 0 Å². The van der Waals surface area contributed by atoms with E-state index in [-0.39, 0.29) is 23.3 Å². The molecule has 2 N–H and O–H groups in total. The van der Waals surface area contributed by atoms with Crippen molar-refractivity contribution in [3.8, 4) is 0 Å². The first-order valence-electron chi connectivity index (χ1n) is 10.4. The summed E-state index contributed by atoms with van der Waals surface area (Å²) in [5, 5.41) is 2.71. The molecule has 0 aliphatic carbocycles. The molecular formula is C22H27F2N3O3S2. The quantitative estimate of drug-likeness (QED) is 0.529. The molecule has 1 atom stereocenters. The van der Waals surface area contributed by atoms with Crippen molar-refractivity contribution in [2.45, 2.75) is 35.3 Å². The second-order valence-corrected chi connectivity index (χ2v) is 10.6. The first-order valence-corrected chi connectivity index (χ1v) is 12.7. The minimum absolute atomic E-state index is 0.0819. The topological polar surface area (TPSA) is 78.5 Å². The monoisotopic (exact) mass is 483 g/mol. The van der Waals surface area contributed by atoms with Crippen molar-refractivity contribution in [1.29, 1.82) is 0 Å². The number of nitrogens with one attached hydrogen (secondary N) is 2. The van der Waals surface area contributed by atoms with Gasteiger partial charge in [-0.15, -0.1) is 0 Å². The number of amides is 1. The Morgan fingerprint density at radius 1 is 1.19 bits per heavy atom. The summed E-state index contributed by atoms with van der Waals surface area (Å²) in [7, 11) is -3.58. The molecule has 1 heterocycles. The molecule has 1 aliphatic rings. The number of carbonyl (C=O) groups is 1. The molecular weight excluding hydrogens is 456 g/mol. The Bertz CT molecular complexity index is 1020. The van der Waals surface area contributed by atoms with Crippen LogP contribution in [0.2, 0.25) is 0 Å². The summed E-state index contributed by atoms with van der Waals surface area (Å²) in [5.74, 6) is -2.77. The van der Waals surface area contributed by atoms with E-state index in [9.17, 15) is 22.0 Å². The summed E-state index contributed by atoms with van der Waals surface area (Å²) < 4.78 is 53.2. The van der Waals surface area contributed by atoms with Crippen molar-refractivity contribution in [3.05, 3.63) is 54.1 Å². The summed E-state index contributed by atoms with van der Waals surface area (Å²) in [4.78, 5) is 15.0. The third-order valence-electron chi connectivity index (χ3n) is 5.24. The molecule has 32 heavy (non-hydrogen) atoms. The number of alkyl halides is 2. The molecule has 0 aromatic heterocycles. The minimum Gasteiger partial charge on any atom is -0.324 e. The smallest absolute Gasteiger partial charge is 0.288 e. The van der Waals surface area contributed by atoms with E-state index >= 15 is 0 Å². The lowest BCUT2D eigenvalue weighted by Gasteiger charge is -2.32. The Hall–Kier alpha value is -2.01. The van der Waals surface area contributed by atoms with Crippen LogP contribution in [0.5, 0.6) is 0 Å². The second kappa shape index (κ2) is 11.2. The predicted octanol–water partition coefficient (Wildman–Crippen LogP) is 3.94. The first kappa shape index (κ1) is 24.6. The molecule has 1 saturated heterocycles. The van der Waals surface area contributed by atoms with Crippen LogP contribution in [-0.2, 0) is 14.8 Å². The number of halogens is 2. The SMILES string of the molecule is Cc1ccc(S(=O)(=O)NCC2CCCN(CC(=O)Nc3ccccc3SC(F)F)C2)cc1. The average Bonchev–Trinajstić information content (AvgIpc) is 2.74. The highest BCUT2D eigenvalue weighted by Crippen LogP contribution is 2.31. The Morgan fingerprint density at radius 3 is 2.62 bits per heavy atom. The zero-order valence-corrected chi connectivity index (χ0v) is 19.4. The van der Waals surface area contributed by atoms with Crippen molar-refractivity contribution < 1.29 is 22.0 Å². The fourth-order valence-corrected chi connectivity index (χ4v) is 5.36. The van der Waals surface area contributed by atoms with Crippen LogP contribution < -0.4 is 10.0 Å². The number of likely N-dealkylation sites (tertiary alicyclic amines) is 1. The fraction of sp³-hybridized carbons (Fsp3) is 0.409. The summed E-state index contributed by atoms with van der Waals surface area (Å²) in [6.45, 7) is 3.61. The maximum atomic E-state index is 12.7. The molecule has 2 aromatic carbocycles. The van der Waals surface area contributed by atoms with Crippen LogP contribution in [0.25, 0.3) is 0 Å². The third-order valence-corrected chi connectivity index (χ3v) is 7.47. The number of hydrogen-bond acceptors (Lipinski definition) is 5. The van der Waals surface area contributed by atoms with Gasteiger partial charge in [0, 0.05) is 18.0 Å². The van der Waals surface area contributed by atoms with Crippen molar-refractivity contribution in [3.63, 3.8) is 0 Å². The number of piperidine rings is 1. The fourth-order valence-electron chi connectivity index (χ4n) is 3.65. The molecule has 0 spiro atoms. The van der Waals surface area contributed by atoms with E-state index in [0.29, 0.717) is 35.4 Å². The van der Waals surface area contributed by atoms with Crippen LogP contribution in [0.15, 0.2) is 58.3 Å². The summed E-state index contributed by atoms with van der Waals surface area (Å²) in [6, 6.07) is 13.2. The number of benzene rings is 2. The number of nitrogens with zero attached hydrogens (tertiary/aromatic N) is 1. The van der Waals surface area contributed by atoms with Gasteiger partial charge in [0.05, 0.1) is 17.1 Å². The summed E-state index contributed by atoms with van der Waals surface area (Å²) in [5.41, 5.74) is 1.35. The predicted molar refractivity (Wildman–Crippen MR) is 122 cm³/mol. The Morgan fingerprint density at radius 2 is 1.91 bits per heavy atom. The van der Waals surface area contributed by atoms with Gasteiger partial charge >= 0.3 is 0 Å². The molecule has 0 radical (unpaired) electrons. The van der Waals surface area contributed by atoms with Crippen LogP contribution in [0.3, 0.4) is 0 Å². The van der Waals surface area contributed by atoms with Crippen LogP contribution in [0.4, 0.5) is 14.5 Å². The van der Waals surface area contributed by atoms with E-state index in [4.69, 9.17) is 0 Å². The van der Waals surface area contributed by atoms with Crippen LogP contribution in [0, 0.1) is 12.8 Å². The molecule has 1 fully saturated rings. The van der Waals surface area contributed by atoms with Crippen molar-refractivity contribution in [2.24, 2.45) is 5.92 Å². The van der Waals surface area contributed by atoms with Crippen LogP contribution in [-0.4, -0.2) is 51.2 Å². The number of hydrogen-bond donors (Lipinski definition) is 2. The lowest BCUT2D eigenvalue weighted by atomic mass is 9.98. The Kier molecular flexibility index (Phi) is 8.64. The van der Waals surface area contributed by atoms with E-state index in [2.05, 4.69) is 10.0 Å².